The molecule has 20 heavy (non-hydrogen) atoms. The summed E-state index contributed by atoms with van der Waals surface area (Å²) in [4.78, 5) is 0. The average molecular weight is 276 g/mol. The van der Waals surface area contributed by atoms with Crippen molar-refractivity contribution in [3.8, 4) is 17.2 Å². The van der Waals surface area contributed by atoms with Gasteiger partial charge in [0.2, 0.25) is 12.5 Å². The van der Waals surface area contributed by atoms with Crippen molar-refractivity contribution in [1.82, 2.24) is 0 Å². The molecule has 0 bridgehead atoms. The zero-order chi connectivity index (χ0) is 14.1. The molecule has 1 unspecified atom stereocenters. The fourth-order valence-electron chi connectivity index (χ4n) is 2.18. The van der Waals surface area contributed by atoms with Gasteiger partial charge in [-0.1, -0.05) is 18.2 Å². The summed E-state index contributed by atoms with van der Waals surface area (Å²) in [6.07, 6.45) is -1.10. The van der Waals surface area contributed by atoms with Crippen molar-refractivity contribution in [2.75, 3.05) is 13.9 Å². The second-order valence-electron chi connectivity index (χ2n) is 4.38. The molecule has 1 aliphatic heterocycles. The smallest absolute Gasteiger partial charge is 0.231 e. The van der Waals surface area contributed by atoms with Gasteiger partial charge in [0.05, 0.1) is 7.11 Å². The van der Waals surface area contributed by atoms with Crippen molar-refractivity contribution in [3.63, 3.8) is 0 Å². The van der Waals surface area contributed by atoms with Gasteiger partial charge in [0.15, 0.2) is 11.5 Å². The van der Waals surface area contributed by atoms with E-state index in [1.165, 1.54) is 19.2 Å². The monoisotopic (exact) mass is 276 g/mol. The van der Waals surface area contributed by atoms with Crippen molar-refractivity contribution in [2.45, 2.75) is 6.10 Å². The first-order valence-electron chi connectivity index (χ1n) is 6.10. The Morgan fingerprint density at radius 3 is 2.80 bits per heavy atom. The first kappa shape index (κ1) is 12.7. The summed E-state index contributed by atoms with van der Waals surface area (Å²) in [6, 6.07) is 9.34. The van der Waals surface area contributed by atoms with Crippen LogP contribution < -0.4 is 14.2 Å². The molecule has 1 aliphatic rings. The molecular formula is C15H13FO4. The molecule has 0 fully saturated rings. The molecule has 5 heteroatoms. The van der Waals surface area contributed by atoms with Crippen LogP contribution in [-0.4, -0.2) is 19.0 Å². The average Bonchev–Trinajstić information content (AvgIpc) is 2.94. The van der Waals surface area contributed by atoms with Crippen LogP contribution in [0.15, 0.2) is 36.4 Å². The number of halogens is 1. The summed E-state index contributed by atoms with van der Waals surface area (Å²) < 4.78 is 29.5. The zero-order valence-corrected chi connectivity index (χ0v) is 10.8. The lowest BCUT2D eigenvalue weighted by Gasteiger charge is -2.14. The molecule has 0 amide bonds. The summed E-state index contributed by atoms with van der Waals surface area (Å²) >= 11 is 0. The first-order valence-corrected chi connectivity index (χ1v) is 6.10. The minimum absolute atomic E-state index is 0.102. The third kappa shape index (κ3) is 2.06. The maximum Gasteiger partial charge on any atom is 0.231 e. The zero-order valence-electron chi connectivity index (χ0n) is 10.8. The van der Waals surface area contributed by atoms with E-state index in [2.05, 4.69) is 0 Å². The minimum atomic E-state index is -1.10. The SMILES string of the molecule is COc1cc(C(O)c2ccccc2F)cc2c1OCO2. The largest absolute Gasteiger partial charge is 0.493 e. The molecule has 0 aromatic heterocycles. The molecule has 1 N–H and O–H groups in total. The Labute approximate surface area is 115 Å². The third-order valence-electron chi connectivity index (χ3n) is 3.20. The maximum absolute atomic E-state index is 13.7. The Bertz CT molecular complexity index is 642. The van der Waals surface area contributed by atoms with Crippen LogP contribution in [0.4, 0.5) is 4.39 Å². The number of methoxy groups -OCH3 is 1. The number of hydrogen-bond acceptors (Lipinski definition) is 4. The normalized spacial score (nSPS) is 14.2. The second kappa shape index (κ2) is 5.02. The number of rotatable bonds is 3. The molecule has 1 heterocycles. The van der Waals surface area contributed by atoms with Gasteiger partial charge in [-0.15, -0.1) is 0 Å². The van der Waals surface area contributed by atoms with Gasteiger partial charge >= 0.3 is 0 Å². The van der Waals surface area contributed by atoms with Crippen LogP contribution in [0.2, 0.25) is 0 Å². The first-order chi connectivity index (χ1) is 9.70. The van der Waals surface area contributed by atoms with Crippen molar-refractivity contribution in [2.24, 2.45) is 0 Å². The lowest BCUT2D eigenvalue weighted by Crippen LogP contribution is -2.03. The molecule has 104 valence electrons. The highest BCUT2D eigenvalue weighted by Crippen LogP contribution is 2.43. The van der Waals surface area contributed by atoms with E-state index in [-0.39, 0.29) is 12.4 Å². The number of fused-ring (bicyclic) bond motifs is 1. The Balaban J connectivity index is 2.04. The number of benzene rings is 2. The fourth-order valence-corrected chi connectivity index (χ4v) is 2.18. The highest BCUT2D eigenvalue weighted by atomic mass is 19.1. The van der Waals surface area contributed by atoms with E-state index in [1.54, 1.807) is 24.3 Å². The van der Waals surface area contributed by atoms with Crippen LogP contribution in [0.25, 0.3) is 0 Å². The molecule has 0 saturated heterocycles. The van der Waals surface area contributed by atoms with Crippen molar-refractivity contribution >= 4 is 0 Å². The van der Waals surface area contributed by atoms with Gasteiger partial charge in [0.1, 0.15) is 11.9 Å². The predicted molar refractivity (Wildman–Crippen MR) is 69.6 cm³/mol. The molecule has 0 saturated carbocycles. The highest BCUT2D eigenvalue weighted by molar-refractivity contribution is 5.56. The molecule has 1 atom stereocenters. The Hall–Kier alpha value is -2.27. The van der Waals surface area contributed by atoms with E-state index in [1.807, 2.05) is 0 Å². The lowest BCUT2D eigenvalue weighted by molar-refractivity contribution is 0.171. The Morgan fingerprint density at radius 1 is 1.25 bits per heavy atom. The molecule has 0 spiro atoms. The summed E-state index contributed by atoms with van der Waals surface area (Å²) in [5.74, 6) is 0.966. The van der Waals surface area contributed by atoms with E-state index in [0.717, 1.165) is 0 Å². The van der Waals surface area contributed by atoms with E-state index >= 15 is 0 Å². The van der Waals surface area contributed by atoms with E-state index in [0.29, 0.717) is 22.8 Å². The number of aliphatic hydroxyl groups excluding tert-OH is 1. The maximum atomic E-state index is 13.7. The molecule has 2 aromatic carbocycles. The quantitative estimate of drug-likeness (QED) is 0.936. The molecule has 0 aliphatic carbocycles. The van der Waals surface area contributed by atoms with E-state index < -0.39 is 11.9 Å². The van der Waals surface area contributed by atoms with Crippen LogP contribution in [0.1, 0.15) is 17.2 Å². The standard InChI is InChI=1S/C15H13FO4/c1-18-12-6-9(7-13-15(12)20-8-19-13)14(17)10-4-2-3-5-11(10)16/h2-7,14,17H,8H2,1H3. The Kier molecular flexibility index (Phi) is 3.20. The van der Waals surface area contributed by atoms with Gasteiger partial charge in [0, 0.05) is 5.56 Å². The van der Waals surface area contributed by atoms with Crippen LogP contribution >= 0.6 is 0 Å². The van der Waals surface area contributed by atoms with Crippen molar-refractivity contribution < 1.29 is 23.7 Å². The van der Waals surface area contributed by atoms with Gasteiger partial charge < -0.3 is 19.3 Å². The van der Waals surface area contributed by atoms with Gasteiger partial charge in [-0.05, 0) is 23.8 Å². The number of hydrogen-bond donors (Lipinski definition) is 1. The molecule has 2 aromatic rings. The van der Waals surface area contributed by atoms with E-state index in [9.17, 15) is 9.50 Å². The van der Waals surface area contributed by atoms with Gasteiger partial charge in [0.25, 0.3) is 0 Å². The van der Waals surface area contributed by atoms with Crippen LogP contribution in [0.3, 0.4) is 0 Å². The summed E-state index contributed by atoms with van der Waals surface area (Å²) in [6.45, 7) is 0.102. The lowest BCUT2D eigenvalue weighted by atomic mass is 10.0. The number of aliphatic hydroxyl groups is 1. The van der Waals surface area contributed by atoms with E-state index in [4.69, 9.17) is 14.2 Å². The van der Waals surface area contributed by atoms with Crippen LogP contribution in [0, 0.1) is 5.82 Å². The predicted octanol–water partition coefficient (Wildman–Crippen LogP) is 2.64. The van der Waals surface area contributed by atoms with Crippen LogP contribution in [0.5, 0.6) is 17.2 Å². The summed E-state index contributed by atoms with van der Waals surface area (Å²) in [5.41, 5.74) is 0.685. The second-order valence-corrected chi connectivity index (χ2v) is 4.38. The minimum Gasteiger partial charge on any atom is -0.493 e. The molecule has 4 nitrogen and oxygen atoms in total. The fraction of sp³-hybridized carbons (Fsp3) is 0.200. The molecular weight excluding hydrogens is 263 g/mol. The Morgan fingerprint density at radius 2 is 2.05 bits per heavy atom. The van der Waals surface area contributed by atoms with Gasteiger partial charge in [-0.3, -0.25) is 0 Å². The highest BCUT2D eigenvalue weighted by Gasteiger charge is 2.24. The van der Waals surface area contributed by atoms with Crippen molar-refractivity contribution in [1.29, 1.82) is 0 Å². The summed E-state index contributed by atoms with van der Waals surface area (Å²) in [5, 5.41) is 10.3. The molecule has 0 radical (unpaired) electrons. The van der Waals surface area contributed by atoms with Crippen molar-refractivity contribution in [3.05, 3.63) is 53.3 Å². The van der Waals surface area contributed by atoms with Gasteiger partial charge in [-0.25, -0.2) is 4.39 Å². The van der Waals surface area contributed by atoms with Gasteiger partial charge in [-0.2, -0.15) is 0 Å². The number of ether oxygens (including phenoxy) is 3. The third-order valence-corrected chi connectivity index (χ3v) is 3.20. The van der Waals surface area contributed by atoms with Crippen LogP contribution in [-0.2, 0) is 0 Å². The summed E-state index contributed by atoms with van der Waals surface area (Å²) in [7, 11) is 1.50. The molecule has 3 rings (SSSR count). The topological polar surface area (TPSA) is 47.9 Å².